The van der Waals surface area contributed by atoms with Crippen molar-refractivity contribution in [1.82, 2.24) is 14.9 Å². The standard InChI is InChI=1S/C23H31N3O2S/c1-3-4-16-26-22(28)19-12-8-9-13-20(19)25-23(26)29-17(2)21(27)24-15-14-18-10-6-5-7-11-18/h8-10,12-13,17H,3-7,11,14-16H2,1-2H3,(H,24,27)/t17-/m0/s1. The molecule has 0 saturated carbocycles. The smallest absolute Gasteiger partial charge is 0.262 e. The van der Waals surface area contributed by atoms with Crippen LogP contribution in [0.2, 0.25) is 0 Å². The molecule has 1 aliphatic rings. The highest BCUT2D eigenvalue weighted by molar-refractivity contribution is 8.00. The van der Waals surface area contributed by atoms with Crippen LogP contribution in [0, 0.1) is 0 Å². The molecule has 1 heterocycles. The normalized spacial score (nSPS) is 15.2. The minimum Gasteiger partial charge on any atom is -0.355 e. The van der Waals surface area contributed by atoms with Crippen molar-refractivity contribution in [2.75, 3.05) is 6.54 Å². The van der Waals surface area contributed by atoms with Gasteiger partial charge < -0.3 is 5.32 Å². The molecule has 0 radical (unpaired) electrons. The highest BCUT2D eigenvalue weighted by atomic mass is 32.2. The molecule has 1 atom stereocenters. The zero-order valence-electron chi connectivity index (χ0n) is 17.4. The number of hydrogen-bond donors (Lipinski definition) is 1. The Morgan fingerprint density at radius 3 is 2.90 bits per heavy atom. The van der Waals surface area contributed by atoms with E-state index in [2.05, 4.69) is 18.3 Å². The first-order chi connectivity index (χ1) is 14.1. The summed E-state index contributed by atoms with van der Waals surface area (Å²) >= 11 is 1.37. The van der Waals surface area contributed by atoms with Crippen molar-refractivity contribution in [3.8, 4) is 0 Å². The topological polar surface area (TPSA) is 64.0 Å². The monoisotopic (exact) mass is 413 g/mol. The number of nitrogens with one attached hydrogen (secondary N) is 1. The maximum absolute atomic E-state index is 13.0. The number of hydrogen-bond acceptors (Lipinski definition) is 4. The van der Waals surface area contributed by atoms with Gasteiger partial charge in [-0.1, -0.05) is 48.9 Å². The first kappa shape index (κ1) is 21.6. The Morgan fingerprint density at radius 1 is 1.31 bits per heavy atom. The van der Waals surface area contributed by atoms with Crippen molar-refractivity contribution < 1.29 is 4.79 Å². The number of rotatable bonds is 9. The van der Waals surface area contributed by atoms with Gasteiger partial charge in [0.15, 0.2) is 5.16 Å². The van der Waals surface area contributed by atoms with Crippen LogP contribution in [0.4, 0.5) is 0 Å². The van der Waals surface area contributed by atoms with Crippen LogP contribution in [-0.2, 0) is 11.3 Å². The minimum absolute atomic E-state index is 0.00383. The molecule has 1 N–H and O–H groups in total. The number of amides is 1. The Hall–Kier alpha value is -2.08. The van der Waals surface area contributed by atoms with E-state index < -0.39 is 0 Å². The third-order valence-electron chi connectivity index (χ3n) is 5.34. The van der Waals surface area contributed by atoms with Crippen LogP contribution in [0.15, 0.2) is 45.9 Å². The van der Waals surface area contributed by atoms with Crippen molar-refractivity contribution >= 4 is 28.6 Å². The number of nitrogens with zero attached hydrogens (tertiary/aromatic N) is 2. The molecule has 0 saturated heterocycles. The Kier molecular flexibility index (Phi) is 7.92. The molecular formula is C23H31N3O2S. The fourth-order valence-corrected chi connectivity index (χ4v) is 4.54. The second-order valence-electron chi connectivity index (χ2n) is 7.63. The molecule has 6 heteroatoms. The first-order valence-corrected chi connectivity index (χ1v) is 11.6. The van der Waals surface area contributed by atoms with Crippen molar-refractivity contribution in [2.45, 2.75) is 75.7 Å². The Bertz CT molecular complexity index is 935. The zero-order chi connectivity index (χ0) is 20.6. The number of benzene rings is 1. The molecule has 0 unspecified atom stereocenters. The molecule has 1 aromatic heterocycles. The fourth-order valence-electron chi connectivity index (χ4n) is 3.58. The molecular weight excluding hydrogens is 382 g/mol. The summed E-state index contributed by atoms with van der Waals surface area (Å²) in [6.45, 7) is 5.27. The number of thioether (sulfide) groups is 1. The second kappa shape index (κ2) is 10.6. The van der Waals surface area contributed by atoms with Gasteiger partial charge in [-0.25, -0.2) is 4.98 Å². The van der Waals surface area contributed by atoms with Gasteiger partial charge in [0, 0.05) is 13.1 Å². The molecule has 2 aromatic rings. The lowest BCUT2D eigenvalue weighted by Gasteiger charge is -2.17. The van der Waals surface area contributed by atoms with E-state index >= 15 is 0 Å². The lowest BCUT2D eigenvalue weighted by atomic mass is 9.97. The molecule has 156 valence electrons. The summed E-state index contributed by atoms with van der Waals surface area (Å²) in [6.07, 6.45) is 10.0. The Morgan fingerprint density at radius 2 is 2.14 bits per heavy atom. The summed E-state index contributed by atoms with van der Waals surface area (Å²) in [5.74, 6) is -0.00383. The van der Waals surface area contributed by atoms with Crippen LogP contribution < -0.4 is 10.9 Å². The van der Waals surface area contributed by atoms with Crippen LogP contribution in [0.25, 0.3) is 10.9 Å². The average molecular weight is 414 g/mol. The van der Waals surface area contributed by atoms with Crippen molar-refractivity contribution in [2.24, 2.45) is 0 Å². The van der Waals surface area contributed by atoms with Gasteiger partial charge in [-0.15, -0.1) is 0 Å². The molecule has 1 aliphatic carbocycles. The molecule has 3 rings (SSSR count). The molecule has 0 spiro atoms. The Labute approximate surface area is 177 Å². The van der Waals surface area contributed by atoms with Crippen molar-refractivity contribution in [3.63, 3.8) is 0 Å². The third kappa shape index (κ3) is 5.72. The lowest BCUT2D eigenvalue weighted by molar-refractivity contribution is -0.120. The number of unbranched alkanes of at least 4 members (excludes halogenated alkanes) is 1. The van der Waals surface area contributed by atoms with Gasteiger partial charge in [-0.05, 0) is 57.6 Å². The highest BCUT2D eigenvalue weighted by Crippen LogP contribution is 2.23. The quantitative estimate of drug-likeness (QED) is 0.368. The van der Waals surface area contributed by atoms with E-state index in [4.69, 9.17) is 4.98 Å². The fraction of sp³-hybridized carbons (Fsp3) is 0.522. The minimum atomic E-state index is -0.309. The molecule has 1 aromatic carbocycles. The SMILES string of the molecule is CCCCn1c(S[C@@H](C)C(=O)NCCC2=CCCCC2)nc2ccccc2c1=O. The number of fused-ring (bicyclic) bond motifs is 1. The Balaban J connectivity index is 1.69. The van der Waals surface area contributed by atoms with Crippen LogP contribution >= 0.6 is 11.8 Å². The molecule has 29 heavy (non-hydrogen) atoms. The van der Waals surface area contributed by atoms with E-state index in [-0.39, 0.29) is 16.7 Å². The van der Waals surface area contributed by atoms with Gasteiger partial charge in [0.25, 0.3) is 5.56 Å². The van der Waals surface area contributed by atoms with Gasteiger partial charge in [0.2, 0.25) is 5.91 Å². The zero-order valence-corrected chi connectivity index (χ0v) is 18.3. The highest BCUT2D eigenvalue weighted by Gasteiger charge is 2.19. The van der Waals surface area contributed by atoms with Crippen LogP contribution in [0.3, 0.4) is 0 Å². The second-order valence-corrected chi connectivity index (χ2v) is 8.94. The lowest BCUT2D eigenvalue weighted by Crippen LogP contribution is -2.33. The molecule has 0 fully saturated rings. The van der Waals surface area contributed by atoms with Gasteiger partial charge in [-0.2, -0.15) is 0 Å². The largest absolute Gasteiger partial charge is 0.355 e. The van der Waals surface area contributed by atoms with E-state index in [0.29, 0.717) is 29.1 Å². The molecule has 0 aliphatic heterocycles. The molecule has 0 bridgehead atoms. The maximum atomic E-state index is 13.0. The first-order valence-electron chi connectivity index (χ1n) is 10.7. The summed E-state index contributed by atoms with van der Waals surface area (Å²) in [4.78, 5) is 30.3. The van der Waals surface area contributed by atoms with E-state index in [1.54, 1.807) is 4.57 Å². The van der Waals surface area contributed by atoms with Gasteiger partial charge >= 0.3 is 0 Å². The van der Waals surface area contributed by atoms with E-state index in [1.807, 2.05) is 31.2 Å². The summed E-state index contributed by atoms with van der Waals surface area (Å²) in [5, 5.41) is 3.99. The van der Waals surface area contributed by atoms with Gasteiger partial charge in [0.05, 0.1) is 16.2 Å². The van der Waals surface area contributed by atoms with Gasteiger partial charge in [-0.3, -0.25) is 14.2 Å². The van der Waals surface area contributed by atoms with Gasteiger partial charge in [0.1, 0.15) is 0 Å². The average Bonchev–Trinajstić information content (AvgIpc) is 2.74. The molecule has 1 amide bonds. The molecule has 5 nitrogen and oxygen atoms in total. The number of allylic oxidation sites excluding steroid dienone is 1. The number of para-hydroxylation sites is 1. The van der Waals surface area contributed by atoms with Crippen LogP contribution in [0.1, 0.15) is 58.8 Å². The predicted octanol–water partition coefficient (Wildman–Crippen LogP) is 4.68. The summed E-state index contributed by atoms with van der Waals surface area (Å²) in [5.41, 5.74) is 2.12. The number of aromatic nitrogens is 2. The van der Waals surface area contributed by atoms with Crippen molar-refractivity contribution in [1.29, 1.82) is 0 Å². The van der Waals surface area contributed by atoms with Crippen LogP contribution in [0.5, 0.6) is 0 Å². The summed E-state index contributed by atoms with van der Waals surface area (Å²) < 4.78 is 1.73. The maximum Gasteiger partial charge on any atom is 0.262 e. The van der Waals surface area contributed by atoms with E-state index in [9.17, 15) is 9.59 Å². The third-order valence-corrected chi connectivity index (χ3v) is 6.43. The van der Waals surface area contributed by atoms with Crippen molar-refractivity contribution in [3.05, 3.63) is 46.3 Å². The van der Waals surface area contributed by atoms with Crippen LogP contribution in [-0.4, -0.2) is 27.3 Å². The summed E-state index contributed by atoms with van der Waals surface area (Å²) in [6, 6.07) is 7.42. The van der Waals surface area contributed by atoms with E-state index in [1.165, 1.54) is 36.6 Å². The number of carbonyl (C=O) groups excluding carboxylic acids is 1. The van der Waals surface area contributed by atoms with E-state index in [0.717, 1.165) is 25.7 Å². The number of carbonyl (C=O) groups is 1. The predicted molar refractivity (Wildman–Crippen MR) is 120 cm³/mol. The summed E-state index contributed by atoms with van der Waals surface area (Å²) in [7, 11) is 0.